The molecule has 134 valence electrons. The predicted octanol–water partition coefficient (Wildman–Crippen LogP) is -0.378. The Morgan fingerprint density at radius 1 is 1.12 bits per heavy atom. The highest BCUT2D eigenvalue weighted by Gasteiger charge is 2.42. The summed E-state index contributed by atoms with van der Waals surface area (Å²) in [6.45, 7) is 3.92. The number of carbonyl (C=O) groups excluding carboxylic acids is 4. The summed E-state index contributed by atoms with van der Waals surface area (Å²) in [6.07, 6.45) is 0.0118. The molecule has 0 spiro atoms. The number of anilines is 1. The number of hydrogen-bond donors (Lipinski definition) is 1. The minimum absolute atomic E-state index is 0.0118. The first-order chi connectivity index (χ1) is 12.0. The van der Waals surface area contributed by atoms with E-state index in [1.54, 1.807) is 13.8 Å². The monoisotopic (exact) mass is 349 g/mol. The van der Waals surface area contributed by atoms with Crippen LogP contribution in [0.4, 0.5) is 5.69 Å². The highest BCUT2D eigenvalue weighted by molar-refractivity contribution is 6.21. The number of carbonyl (C=O) groups is 4. The summed E-state index contributed by atoms with van der Waals surface area (Å²) >= 11 is 0. The Kier molecular flexibility index (Phi) is 6.24. The molecule has 0 aliphatic carbocycles. The molecular formula is C17H21N2O6+. The summed E-state index contributed by atoms with van der Waals surface area (Å²) in [5.41, 5.74) is 0.727. The molecule has 2 N–H and O–H groups in total. The van der Waals surface area contributed by atoms with E-state index in [-0.39, 0.29) is 32.1 Å². The van der Waals surface area contributed by atoms with E-state index in [4.69, 9.17) is 9.47 Å². The topological polar surface area (TPSA) is 107 Å². The van der Waals surface area contributed by atoms with Crippen molar-refractivity contribution >= 4 is 29.4 Å². The number of esters is 2. The molecule has 8 heteroatoms. The number of ether oxygens (including phenoxy) is 2. The van der Waals surface area contributed by atoms with Gasteiger partial charge >= 0.3 is 11.9 Å². The zero-order valence-electron chi connectivity index (χ0n) is 14.2. The van der Waals surface area contributed by atoms with E-state index < -0.39 is 23.9 Å². The number of quaternary nitrogens is 1. The second-order valence-corrected chi connectivity index (χ2v) is 5.39. The van der Waals surface area contributed by atoms with Crippen molar-refractivity contribution in [1.82, 2.24) is 0 Å². The fraction of sp³-hybridized carbons (Fsp3) is 0.412. The average Bonchev–Trinajstić information content (AvgIpc) is 2.87. The SMILES string of the molecule is CCOC(=O)C[NH2+][C@@H]1CC(=O)N(c2ccc(C(=O)OCC)cc2)C1=O. The molecule has 0 aromatic heterocycles. The molecule has 0 radical (unpaired) electrons. The van der Waals surface area contributed by atoms with Crippen molar-refractivity contribution in [3.63, 3.8) is 0 Å². The van der Waals surface area contributed by atoms with E-state index in [1.165, 1.54) is 29.6 Å². The van der Waals surface area contributed by atoms with Gasteiger partial charge in [0.2, 0.25) is 5.91 Å². The van der Waals surface area contributed by atoms with Crippen LogP contribution >= 0.6 is 0 Å². The smallest absolute Gasteiger partial charge is 0.361 e. The van der Waals surface area contributed by atoms with Gasteiger partial charge in [0, 0.05) is 0 Å². The predicted molar refractivity (Wildman–Crippen MR) is 86.7 cm³/mol. The number of benzene rings is 1. The number of imide groups is 1. The summed E-state index contributed by atoms with van der Waals surface area (Å²) < 4.78 is 9.70. The van der Waals surface area contributed by atoms with Crippen LogP contribution in [-0.2, 0) is 23.9 Å². The lowest BCUT2D eigenvalue weighted by atomic mass is 10.2. The number of amides is 2. The fourth-order valence-electron chi connectivity index (χ4n) is 2.53. The minimum atomic E-state index is -0.651. The standard InChI is InChI=1S/C17H20N2O6/c1-3-24-15(21)10-18-13-9-14(20)19(16(13)22)12-7-5-11(6-8-12)17(23)25-4-2/h5-8,13,18H,3-4,9-10H2,1-2H3/p+1/t13-/m1/s1. The molecule has 1 aliphatic heterocycles. The largest absolute Gasteiger partial charge is 0.462 e. The second-order valence-electron chi connectivity index (χ2n) is 5.39. The Hall–Kier alpha value is -2.74. The molecule has 2 amide bonds. The lowest BCUT2D eigenvalue weighted by Crippen LogP contribution is -2.93. The highest BCUT2D eigenvalue weighted by atomic mass is 16.5. The third-order valence-corrected chi connectivity index (χ3v) is 3.69. The van der Waals surface area contributed by atoms with Gasteiger partial charge in [0.1, 0.15) is 0 Å². The van der Waals surface area contributed by atoms with E-state index in [2.05, 4.69) is 0 Å². The molecule has 0 unspecified atom stereocenters. The Morgan fingerprint density at radius 3 is 2.36 bits per heavy atom. The van der Waals surface area contributed by atoms with Gasteiger partial charge in [-0.05, 0) is 38.1 Å². The molecule has 1 saturated heterocycles. The Balaban J connectivity index is 2.04. The van der Waals surface area contributed by atoms with Crippen LogP contribution in [0.3, 0.4) is 0 Å². The summed E-state index contributed by atoms with van der Waals surface area (Å²) in [5, 5.41) is 1.51. The molecule has 1 aromatic carbocycles. The summed E-state index contributed by atoms with van der Waals surface area (Å²) in [7, 11) is 0. The lowest BCUT2D eigenvalue weighted by Gasteiger charge is -2.14. The van der Waals surface area contributed by atoms with Crippen molar-refractivity contribution in [3.05, 3.63) is 29.8 Å². The Bertz CT molecular complexity index is 670. The summed E-state index contributed by atoms with van der Waals surface area (Å²) in [5.74, 6) is -1.63. The Morgan fingerprint density at radius 2 is 1.76 bits per heavy atom. The van der Waals surface area contributed by atoms with E-state index in [9.17, 15) is 19.2 Å². The van der Waals surface area contributed by atoms with Gasteiger partial charge in [-0.3, -0.25) is 9.59 Å². The number of hydrogen-bond acceptors (Lipinski definition) is 6. The lowest BCUT2D eigenvalue weighted by molar-refractivity contribution is -0.665. The molecule has 1 aromatic rings. The van der Waals surface area contributed by atoms with Gasteiger partial charge < -0.3 is 14.8 Å². The van der Waals surface area contributed by atoms with Crippen molar-refractivity contribution in [2.75, 3.05) is 24.7 Å². The maximum Gasteiger partial charge on any atom is 0.361 e. The summed E-state index contributed by atoms with van der Waals surface area (Å²) in [4.78, 5) is 48.7. The van der Waals surface area contributed by atoms with Crippen LogP contribution < -0.4 is 10.2 Å². The molecule has 8 nitrogen and oxygen atoms in total. The van der Waals surface area contributed by atoms with E-state index >= 15 is 0 Å². The van der Waals surface area contributed by atoms with Gasteiger partial charge in [-0.25, -0.2) is 14.5 Å². The molecule has 2 rings (SSSR count). The van der Waals surface area contributed by atoms with Gasteiger partial charge in [-0.2, -0.15) is 0 Å². The molecule has 0 bridgehead atoms. The minimum Gasteiger partial charge on any atom is -0.462 e. The number of rotatable bonds is 7. The first-order valence-electron chi connectivity index (χ1n) is 8.10. The van der Waals surface area contributed by atoms with E-state index in [0.29, 0.717) is 11.3 Å². The van der Waals surface area contributed by atoms with Crippen molar-refractivity contribution in [2.24, 2.45) is 0 Å². The van der Waals surface area contributed by atoms with Crippen molar-refractivity contribution < 1.29 is 34.0 Å². The van der Waals surface area contributed by atoms with E-state index in [1.807, 2.05) is 0 Å². The third-order valence-electron chi connectivity index (χ3n) is 3.69. The van der Waals surface area contributed by atoms with Crippen molar-refractivity contribution in [1.29, 1.82) is 0 Å². The molecule has 1 aliphatic rings. The summed E-state index contributed by atoms with van der Waals surface area (Å²) in [6, 6.07) is 5.40. The number of nitrogens with two attached hydrogens (primary N) is 1. The van der Waals surface area contributed by atoms with Gasteiger partial charge in [-0.1, -0.05) is 0 Å². The molecule has 1 atom stereocenters. The zero-order valence-corrected chi connectivity index (χ0v) is 14.2. The molecule has 0 saturated carbocycles. The molecular weight excluding hydrogens is 328 g/mol. The van der Waals surface area contributed by atoms with Crippen LogP contribution in [0.2, 0.25) is 0 Å². The third kappa shape index (κ3) is 4.42. The van der Waals surface area contributed by atoms with E-state index in [0.717, 1.165) is 4.90 Å². The van der Waals surface area contributed by atoms with Crippen LogP contribution in [0.25, 0.3) is 0 Å². The van der Waals surface area contributed by atoms with Crippen LogP contribution in [-0.4, -0.2) is 49.6 Å². The fourth-order valence-corrected chi connectivity index (χ4v) is 2.53. The van der Waals surface area contributed by atoms with Crippen LogP contribution in [0.5, 0.6) is 0 Å². The quantitative estimate of drug-likeness (QED) is 0.531. The van der Waals surface area contributed by atoms with Gasteiger partial charge in [0.25, 0.3) is 5.91 Å². The van der Waals surface area contributed by atoms with Crippen LogP contribution in [0.15, 0.2) is 24.3 Å². The highest BCUT2D eigenvalue weighted by Crippen LogP contribution is 2.22. The molecule has 25 heavy (non-hydrogen) atoms. The average molecular weight is 349 g/mol. The maximum atomic E-state index is 12.4. The number of nitrogens with zero attached hydrogens (tertiary/aromatic N) is 1. The maximum absolute atomic E-state index is 12.4. The van der Waals surface area contributed by atoms with Gasteiger partial charge in [0.15, 0.2) is 12.6 Å². The molecule has 1 heterocycles. The van der Waals surface area contributed by atoms with Crippen LogP contribution in [0, 0.1) is 0 Å². The first-order valence-corrected chi connectivity index (χ1v) is 8.10. The van der Waals surface area contributed by atoms with Gasteiger partial charge in [0.05, 0.1) is 30.9 Å². The normalized spacial score (nSPS) is 16.9. The van der Waals surface area contributed by atoms with Crippen molar-refractivity contribution in [2.45, 2.75) is 26.3 Å². The van der Waals surface area contributed by atoms with Gasteiger partial charge in [-0.15, -0.1) is 0 Å². The van der Waals surface area contributed by atoms with Crippen molar-refractivity contribution in [3.8, 4) is 0 Å². The zero-order chi connectivity index (χ0) is 18.4. The Labute approximate surface area is 145 Å². The second kappa shape index (κ2) is 8.39. The van der Waals surface area contributed by atoms with Crippen LogP contribution in [0.1, 0.15) is 30.6 Å². The molecule has 1 fully saturated rings. The first kappa shape index (κ1) is 18.6.